The number of fused-ring (bicyclic) bond motifs is 7. The molecule has 0 aliphatic rings. The van der Waals surface area contributed by atoms with Crippen LogP contribution >= 0.6 is 11.3 Å². The highest BCUT2D eigenvalue weighted by Crippen LogP contribution is 2.41. The molecule has 0 saturated carbocycles. The maximum Gasteiger partial charge on any atom is 0.133 e. The molecule has 0 saturated heterocycles. The fourth-order valence-electron chi connectivity index (χ4n) is 3.15. The Hall–Kier alpha value is -2.39. The van der Waals surface area contributed by atoms with E-state index in [1.165, 1.54) is 4.70 Å². The van der Waals surface area contributed by atoms with Gasteiger partial charge in [-0.25, -0.2) is 4.39 Å². The van der Waals surface area contributed by atoms with E-state index in [0.29, 0.717) is 5.39 Å². The molecule has 1 N–H and O–H groups in total. The third kappa shape index (κ3) is 1.39. The number of H-pyrrole nitrogens is 1. The van der Waals surface area contributed by atoms with Gasteiger partial charge in [-0.2, -0.15) is 0 Å². The lowest BCUT2D eigenvalue weighted by Gasteiger charge is -1.97. The van der Waals surface area contributed by atoms with Crippen molar-refractivity contribution in [3.8, 4) is 0 Å². The second-order valence-electron chi connectivity index (χ2n) is 5.25. The Kier molecular flexibility index (Phi) is 2.06. The molecule has 5 aromatic rings. The van der Waals surface area contributed by atoms with Gasteiger partial charge in [-0.15, -0.1) is 11.3 Å². The third-order valence-corrected chi connectivity index (χ3v) is 5.28. The normalized spacial score (nSPS) is 12.0. The summed E-state index contributed by atoms with van der Waals surface area (Å²) in [5, 5.41) is 3.76. The fraction of sp³-hybridized carbons (Fsp3) is 0. The molecule has 0 bridgehead atoms. The molecule has 0 atom stereocenters. The summed E-state index contributed by atoms with van der Waals surface area (Å²) in [4.78, 5) is 3.39. The zero-order valence-corrected chi connectivity index (χ0v) is 11.8. The molecule has 1 nitrogen and oxygen atoms in total. The molecule has 0 amide bonds. The van der Waals surface area contributed by atoms with Gasteiger partial charge in [-0.3, -0.25) is 0 Å². The van der Waals surface area contributed by atoms with Gasteiger partial charge in [0, 0.05) is 31.8 Å². The summed E-state index contributed by atoms with van der Waals surface area (Å²) < 4.78 is 17.0. The van der Waals surface area contributed by atoms with Crippen molar-refractivity contribution in [1.82, 2.24) is 4.98 Å². The highest BCUT2D eigenvalue weighted by atomic mass is 32.1. The zero-order chi connectivity index (χ0) is 14.0. The van der Waals surface area contributed by atoms with Gasteiger partial charge in [0.1, 0.15) is 5.82 Å². The van der Waals surface area contributed by atoms with E-state index < -0.39 is 0 Å². The van der Waals surface area contributed by atoms with E-state index in [2.05, 4.69) is 17.1 Å². The maximum atomic E-state index is 14.7. The van der Waals surface area contributed by atoms with Crippen molar-refractivity contribution in [2.24, 2.45) is 0 Å². The summed E-state index contributed by atoms with van der Waals surface area (Å²) in [6.45, 7) is 0. The van der Waals surface area contributed by atoms with Crippen molar-refractivity contribution >= 4 is 53.3 Å². The largest absolute Gasteiger partial charge is 0.353 e. The van der Waals surface area contributed by atoms with Gasteiger partial charge in [-0.1, -0.05) is 36.4 Å². The second kappa shape index (κ2) is 3.83. The van der Waals surface area contributed by atoms with E-state index in [4.69, 9.17) is 0 Å². The standard InChI is InChI=1S/C18H10FNS/c19-13-9-12-10-5-2-4-8-15(10)21-18(12)17-16(13)11-6-1-3-7-14(11)20-17/h1-9,20H. The van der Waals surface area contributed by atoms with Gasteiger partial charge in [0.25, 0.3) is 0 Å². The van der Waals surface area contributed by atoms with E-state index in [9.17, 15) is 4.39 Å². The molecule has 2 aromatic heterocycles. The summed E-state index contributed by atoms with van der Waals surface area (Å²) in [5.41, 5.74) is 1.89. The number of rotatable bonds is 0. The smallest absolute Gasteiger partial charge is 0.133 e. The average molecular weight is 291 g/mol. The number of hydrogen-bond acceptors (Lipinski definition) is 1. The fourth-order valence-corrected chi connectivity index (χ4v) is 4.34. The van der Waals surface area contributed by atoms with E-state index in [1.54, 1.807) is 17.4 Å². The van der Waals surface area contributed by atoms with Crippen LogP contribution in [0, 0.1) is 5.82 Å². The van der Waals surface area contributed by atoms with E-state index >= 15 is 0 Å². The molecule has 0 spiro atoms. The molecule has 0 unspecified atom stereocenters. The molecule has 0 fully saturated rings. The predicted octanol–water partition coefficient (Wildman–Crippen LogP) is 5.83. The van der Waals surface area contributed by atoms with Crippen molar-refractivity contribution in [1.29, 1.82) is 0 Å². The lowest BCUT2D eigenvalue weighted by molar-refractivity contribution is 0.642. The van der Waals surface area contributed by atoms with Gasteiger partial charge < -0.3 is 4.98 Å². The molecule has 3 aromatic carbocycles. The number of nitrogens with one attached hydrogen (secondary N) is 1. The molecule has 0 radical (unpaired) electrons. The first-order valence-electron chi connectivity index (χ1n) is 6.83. The molecule has 2 heterocycles. The van der Waals surface area contributed by atoms with Gasteiger partial charge in [0.15, 0.2) is 0 Å². The molecular formula is C18H10FNS. The highest BCUT2D eigenvalue weighted by Gasteiger charge is 2.15. The summed E-state index contributed by atoms with van der Waals surface area (Å²) >= 11 is 1.72. The van der Waals surface area contributed by atoms with Crippen LogP contribution in [0.1, 0.15) is 0 Å². The van der Waals surface area contributed by atoms with E-state index in [0.717, 1.165) is 31.9 Å². The van der Waals surface area contributed by atoms with Crippen LogP contribution in [-0.4, -0.2) is 4.98 Å². The SMILES string of the molecule is Fc1cc2c3ccccc3sc2c2[nH]c3ccccc3c12. The number of hydrogen-bond donors (Lipinski definition) is 1. The van der Waals surface area contributed by atoms with E-state index in [-0.39, 0.29) is 5.82 Å². The summed E-state index contributed by atoms with van der Waals surface area (Å²) in [5.74, 6) is -0.154. The van der Waals surface area contributed by atoms with Crippen LogP contribution in [0.25, 0.3) is 42.0 Å². The third-order valence-electron chi connectivity index (χ3n) is 4.08. The van der Waals surface area contributed by atoms with Crippen LogP contribution < -0.4 is 0 Å². The highest BCUT2D eigenvalue weighted by molar-refractivity contribution is 7.26. The van der Waals surface area contributed by atoms with Gasteiger partial charge in [-0.05, 0) is 18.2 Å². The zero-order valence-electron chi connectivity index (χ0n) is 11.0. The Bertz CT molecular complexity index is 1150. The van der Waals surface area contributed by atoms with Crippen LogP contribution in [0.4, 0.5) is 4.39 Å². The predicted molar refractivity (Wildman–Crippen MR) is 88.7 cm³/mol. The Balaban J connectivity index is 2.14. The topological polar surface area (TPSA) is 15.8 Å². The molecule has 3 heteroatoms. The number of para-hydroxylation sites is 1. The van der Waals surface area contributed by atoms with Crippen molar-refractivity contribution in [3.63, 3.8) is 0 Å². The van der Waals surface area contributed by atoms with Gasteiger partial charge >= 0.3 is 0 Å². The number of aromatic amines is 1. The Labute approximate surface area is 123 Å². The molecule has 0 aliphatic carbocycles. The first-order chi connectivity index (χ1) is 10.3. The molecule has 5 rings (SSSR count). The summed E-state index contributed by atoms with van der Waals surface area (Å²) in [6.07, 6.45) is 0. The van der Waals surface area contributed by atoms with Crippen LogP contribution in [0.2, 0.25) is 0 Å². The molecule has 0 aliphatic heterocycles. The van der Waals surface area contributed by atoms with Crippen LogP contribution in [0.5, 0.6) is 0 Å². The van der Waals surface area contributed by atoms with Gasteiger partial charge in [0.05, 0.1) is 10.2 Å². The van der Waals surface area contributed by atoms with E-state index in [1.807, 2.05) is 36.4 Å². The number of halogens is 1. The quantitative estimate of drug-likeness (QED) is 0.369. The number of aromatic nitrogens is 1. The lowest BCUT2D eigenvalue weighted by Crippen LogP contribution is -1.77. The molecule has 21 heavy (non-hydrogen) atoms. The first-order valence-corrected chi connectivity index (χ1v) is 7.65. The Morgan fingerprint density at radius 1 is 0.857 bits per heavy atom. The summed E-state index contributed by atoms with van der Waals surface area (Å²) in [7, 11) is 0. The van der Waals surface area contributed by atoms with Crippen LogP contribution in [0.15, 0.2) is 54.6 Å². The van der Waals surface area contributed by atoms with Crippen molar-refractivity contribution in [2.75, 3.05) is 0 Å². The minimum absolute atomic E-state index is 0.154. The van der Waals surface area contributed by atoms with Crippen LogP contribution in [-0.2, 0) is 0 Å². The minimum Gasteiger partial charge on any atom is -0.353 e. The average Bonchev–Trinajstić information content (AvgIpc) is 3.06. The number of thiophene rings is 1. The molecular weight excluding hydrogens is 281 g/mol. The lowest BCUT2D eigenvalue weighted by atomic mass is 10.1. The van der Waals surface area contributed by atoms with Crippen molar-refractivity contribution < 1.29 is 4.39 Å². The van der Waals surface area contributed by atoms with Crippen molar-refractivity contribution in [3.05, 3.63) is 60.4 Å². The second-order valence-corrected chi connectivity index (χ2v) is 6.31. The maximum absolute atomic E-state index is 14.7. The molecule has 100 valence electrons. The van der Waals surface area contributed by atoms with Crippen molar-refractivity contribution in [2.45, 2.75) is 0 Å². The minimum atomic E-state index is -0.154. The van der Waals surface area contributed by atoms with Gasteiger partial charge in [0.2, 0.25) is 0 Å². The summed E-state index contributed by atoms with van der Waals surface area (Å²) in [6, 6.07) is 17.7. The van der Waals surface area contributed by atoms with Crippen LogP contribution in [0.3, 0.4) is 0 Å². The number of benzene rings is 3. The monoisotopic (exact) mass is 291 g/mol. The first kappa shape index (κ1) is 11.3. The Morgan fingerprint density at radius 3 is 2.52 bits per heavy atom. The Morgan fingerprint density at radius 2 is 1.62 bits per heavy atom.